The van der Waals surface area contributed by atoms with Crippen LogP contribution >= 0.6 is 11.6 Å². The van der Waals surface area contributed by atoms with Crippen LogP contribution in [-0.2, 0) is 4.74 Å². The second-order valence-corrected chi connectivity index (χ2v) is 3.55. The molecule has 1 heterocycles. The monoisotopic (exact) mass is 199 g/mol. The molecule has 2 unspecified atom stereocenters. The van der Waals surface area contributed by atoms with Crippen LogP contribution in [-0.4, -0.2) is 18.8 Å². The quantitative estimate of drug-likeness (QED) is 0.738. The first kappa shape index (κ1) is 10.5. The van der Waals surface area contributed by atoms with Gasteiger partial charge in [-0.1, -0.05) is 30.8 Å². The first-order valence-corrected chi connectivity index (χ1v) is 4.53. The first-order valence-electron chi connectivity index (χ1n) is 4.15. The van der Waals surface area contributed by atoms with Gasteiger partial charge in [0.2, 0.25) is 0 Å². The molecule has 0 aliphatic carbocycles. The van der Waals surface area contributed by atoms with Crippen molar-refractivity contribution in [2.75, 3.05) is 6.61 Å². The van der Waals surface area contributed by atoms with Crippen LogP contribution in [0.3, 0.4) is 0 Å². The molecule has 1 aliphatic rings. The van der Waals surface area contributed by atoms with E-state index in [1.54, 1.807) is 6.08 Å². The van der Waals surface area contributed by atoms with E-state index in [1.807, 2.05) is 6.92 Å². The van der Waals surface area contributed by atoms with Crippen molar-refractivity contribution in [1.82, 2.24) is 0 Å². The Morgan fingerprint density at radius 2 is 2.38 bits per heavy atom. The van der Waals surface area contributed by atoms with Crippen LogP contribution in [0.4, 0.5) is 0 Å². The molecule has 0 spiro atoms. The van der Waals surface area contributed by atoms with E-state index in [0.29, 0.717) is 11.6 Å². The van der Waals surface area contributed by atoms with Crippen molar-refractivity contribution < 1.29 is 4.74 Å². The van der Waals surface area contributed by atoms with E-state index in [2.05, 4.69) is 13.2 Å². The minimum absolute atomic E-state index is 0.0193. The van der Waals surface area contributed by atoms with E-state index in [0.717, 1.165) is 11.1 Å². The third-order valence-corrected chi connectivity index (χ3v) is 2.43. The van der Waals surface area contributed by atoms with E-state index in [9.17, 15) is 0 Å². The fourth-order valence-electron chi connectivity index (χ4n) is 1.38. The Morgan fingerprint density at radius 1 is 1.77 bits per heavy atom. The van der Waals surface area contributed by atoms with Crippen molar-refractivity contribution >= 4 is 11.6 Å². The lowest BCUT2D eigenvalue weighted by atomic mass is 9.95. The van der Waals surface area contributed by atoms with Crippen LogP contribution in [0.15, 0.2) is 35.4 Å². The van der Waals surface area contributed by atoms with E-state index < -0.39 is 0 Å². The van der Waals surface area contributed by atoms with Gasteiger partial charge in [0.15, 0.2) is 0 Å². The number of rotatable bonds is 2. The molecule has 0 fully saturated rings. The van der Waals surface area contributed by atoms with Gasteiger partial charge in [0, 0.05) is 5.03 Å². The molecule has 0 bridgehead atoms. The zero-order valence-corrected chi connectivity index (χ0v) is 8.47. The molecule has 13 heavy (non-hydrogen) atoms. The molecule has 0 saturated heterocycles. The predicted molar refractivity (Wildman–Crippen MR) is 55.6 cm³/mol. The molecule has 0 aromatic heterocycles. The summed E-state index contributed by atoms with van der Waals surface area (Å²) < 4.78 is 5.42. The Hall–Kier alpha value is -0.570. The van der Waals surface area contributed by atoms with Gasteiger partial charge < -0.3 is 10.5 Å². The van der Waals surface area contributed by atoms with Crippen LogP contribution in [0, 0.1) is 0 Å². The van der Waals surface area contributed by atoms with Gasteiger partial charge in [0.25, 0.3) is 0 Å². The predicted octanol–water partition coefficient (Wildman–Crippen LogP) is 1.97. The summed E-state index contributed by atoms with van der Waals surface area (Å²) in [6, 6.07) is -0.202. The molecule has 0 aromatic rings. The molecule has 2 nitrogen and oxygen atoms in total. The molecular weight excluding hydrogens is 186 g/mol. The average Bonchev–Trinajstić information content (AvgIpc) is 2.08. The van der Waals surface area contributed by atoms with Crippen LogP contribution in [0.25, 0.3) is 0 Å². The molecule has 2 N–H and O–H groups in total. The second kappa shape index (κ2) is 4.09. The van der Waals surface area contributed by atoms with E-state index in [-0.39, 0.29) is 12.1 Å². The maximum absolute atomic E-state index is 5.91. The zero-order chi connectivity index (χ0) is 10.0. The van der Waals surface area contributed by atoms with E-state index >= 15 is 0 Å². The Kier molecular flexibility index (Phi) is 3.31. The normalized spacial score (nSPS) is 28.8. The minimum atomic E-state index is -0.202. The highest BCUT2D eigenvalue weighted by Crippen LogP contribution is 2.27. The number of nitrogens with two attached hydrogens (primary N) is 1. The molecular formula is C10H14ClNO. The number of hydrogen-bond donors (Lipinski definition) is 1. The van der Waals surface area contributed by atoms with Crippen molar-refractivity contribution in [2.45, 2.75) is 19.1 Å². The fraction of sp³-hybridized carbons (Fsp3) is 0.400. The Labute approximate surface area is 83.7 Å². The Balaban J connectivity index is 3.08. The van der Waals surface area contributed by atoms with Crippen LogP contribution in [0.5, 0.6) is 0 Å². The molecule has 72 valence electrons. The molecule has 0 radical (unpaired) electrons. The Morgan fingerprint density at radius 3 is 2.85 bits per heavy atom. The second-order valence-electron chi connectivity index (χ2n) is 3.09. The number of ether oxygens (including phenoxy) is 1. The van der Waals surface area contributed by atoms with Gasteiger partial charge in [-0.25, -0.2) is 0 Å². The fourth-order valence-corrected chi connectivity index (χ4v) is 1.62. The topological polar surface area (TPSA) is 35.2 Å². The molecule has 1 aliphatic heterocycles. The highest BCUT2D eigenvalue weighted by atomic mass is 35.5. The minimum Gasteiger partial charge on any atom is -0.372 e. The Bertz CT molecular complexity index is 270. The van der Waals surface area contributed by atoms with E-state index in [1.165, 1.54) is 0 Å². The highest BCUT2D eigenvalue weighted by molar-refractivity contribution is 6.31. The van der Waals surface area contributed by atoms with Crippen molar-refractivity contribution in [3.63, 3.8) is 0 Å². The summed E-state index contributed by atoms with van der Waals surface area (Å²) in [6.07, 6.45) is 1.70. The van der Waals surface area contributed by atoms with Crippen molar-refractivity contribution in [2.24, 2.45) is 5.73 Å². The van der Waals surface area contributed by atoms with Crippen LogP contribution in [0.2, 0.25) is 0 Å². The number of hydrogen-bond acceptors (Lipinski definition) is 2. The smallest absolute Gasteiger partial charge is 0.0744 e. The summed E-state index contributed by atoms with van der Waals surface area (Å²) in [7, 11) is 0. The summed E-state index contributed by atoms with van der Waals surface area (Å²) in [4.78, 5) is 0. The van der Waals surface area contributed by atoms with Crippen molar-refractivity contribution in [3.05, 3.63) is 35.4 Å². The molecule has 1 rings (SSSR count). The zero-order valence-electron chi connectivity index (χ0n) is 7.72. The maximum atomic E-state index is 5.91. The lowest BCUT2D eigenvalue weighted by Crippen LogP contribution is -2.41. The summed E-state index contributed by atoms with van der Waals surface area (Å²) in [6.45, 7) is 9.80. The summed E-state index contributed by atoms with van der Waals surface area (Å²) in [5.41, 5.74) is 7.72. The molecule has 2 atom stereocenters. The van der Waals surface area contributed by atoms with Gasteiger partial charge in [0.05, 0.1) is 18.8 Å². The molecule has 0 saturated carbocycles. The molecule has 0 aromatic carbocycles. The number of halogens is 1. The third-order valence-electron chi connectivity index (χ3n) is 2.23. The average molecular weight is 200 g/mol. The van der Waals surface area contributed by atoms with Gasteiger partial charge in [-0.2, -0.15) is 0 Å². The van der Waals surface area contributed by atoms with Gasteiger partial charge in [-0.3, -0.25) is 0 Å². The van der Waals surface area contributed by atoms with Gasteiger partial charge in [-0.15, -0.1) is 0 Å². The summed E-state index contributed by atoms with van der Waals surface area (Å²) in [5, 5.41) is 0.484. The standard InChI is InChI=1S/C10H14ClNO/c1-4-8-5-13-7(3)10(12)9(8)6(2)11/h4,7,10H,1-2,5,12H2,3H3. The third kappa shape index (κ3) is 2.02. The first-order chi connectivity index (χ1) is 6.07. The maximum Gasteiger partial charge on any atom is 0.0744 e. The lowest BCUT2D eigenvalue weighted by Gasteiger charge is -2.30. The lowest BCUT2D eigenvalue weighted by molar-refractivity contribution is 0.0622. The van der Waals surface area contributed by atoms with E-state index in [4.69, 9.17) is 22.1 Å². The van der Waals surface area contributed by atoms with Crippen molar-refractivity contribution in [1.29, 1.82) is 0 Å². The van der Waals surface area contributed by atoms with Gasteiger partial charge in [-0.05, 0) is 18.1 Å². The van der Waals surface area contributed by atoms with Gasteiger partial charge in [0.1, 0.15) is 0 Å². The largest absolute Gasteiger partial charge is 0.372 e. The van der Waals surface area contributed by atoms with Gasteiger partial charge >= 0.3 is 0 Å². The summed E-state index contributed by atoms with van der Waals surface area (Å²) in [5.74, 6) is 0. The van der Waals surface area contributed by atoms with Crippen molar-refractivity contribution in [3.8, 4) is 0 Å². The highest BCUT2D eigenvalue weighted by Gasteiger charge is 2.26. The molecule has 0 amide bonds. The van der Waals surface area contributed by atoms with Crippen LogP contribution in [0.1, 0.15) is 6.92 Å². The SMILES string of the molecule is C=CC1=C(C(=C)Cl)C(N)C(C)OC1. The molecule has 3 heteroatoms. The van der Waals surface area contributed by atoms with Crippen LogP contribution < -0.4 is 5.73 Å². The summed E-state index contributed by atoms with van der Waals surface area (Å²) >= 11 is 5.85.